The number of hydrogen-bond acceptors (Lipinski definition) is 11. The number of β-lactam (4-membered cyclic amide) rings is 1. The van der Waals surface area contributed by atoms with Crippen LogP contribution in [0.1, 0.15) is 33.3 Å². The Morgan fingerprint density at radius 1 is 0.767 bits per heavy atom. The zero-order valence-electron chi connectivity index (χ0n) is 24.1. The third kappa shape index (κ3) is 7.77. The maximum absolute atomic E-state index is 13.7. The average Bonchev–Trinajstić information content (AvgIpc) is 2.96. The molecule has 0 aliphatic carbocycles. The summed E-state index contributed by atoms with van der Waals surface area (Å²) in [7, 11) is 0. The van der Waals surface area contributed by atoms with E-state index in [9.17, 15) is 24.0 Å². The van der Waals surface area contributed by atoms with Crippen molar-refractivity contribution in [2.24, 2.45) is 0 Å². The summed E-state index contributed by atoms with van der Waals surface area (Å²) in [6, 6.07) is 17.4. The molecule has 12 nitrogen and oxygen atoms in total. The van der Waals surface area contributed by atoms with Gasteiger partial charge >= 0.3 is 23.9 Å². The summed E-state index contributed by atoms with van der Waals surface area (Å²) in [6.45, 7) is 4.17. The van der Waals surface area contributed by atoms with Gasteiger partial charge in [0.1, 0.15) is 18.5 Å². The number of likely N-dealkylation sites (tertiary alicyclic amines) is 1. The number of para-hydroxylation sites is 1. The molecule has 2 fully saturated rings. The number of nitrogens with zero attached hydrogens (tertiary/aromatic N) is 1. The molecule has 12 heteroatoms. The molecule has 2 saturated heterocycles. The van der Waals surface area contributed by atoms with Crippen molar-refractivity contribution in [3.05, 3.63) is 72.3 Å². The van der Waals surface area contributed by atoms with Crippen LogP contribution in [0.5, 0.6) is 5.75 Å². The van der Waals surface area contributed by atoms with E-state index in [0.29, 0.717) is 5.75 Å². The van der Waals surface area contributed by atoms with Gasteiger partial charge in [-0.15, -0.1) is 0 Å². The molecule has 2 aromatic carbocycles. The van der Waals surface area contributed by atoms with Crippen LogP contribution in [0.3, 0.4) is 0 Å². The Bertz CT molecular complexity index is 1350. The van der Waals surface area contributed by atoms with Crippen molar-refractivity contribution in [3.8, 4) is 5.75 Å². The first-order valence-electron chi connectivity index (χ1n) is 13.6. The highest BCUT2D eigenvalue weighted by molar-refractivity contribution is 5.90. The van der Waals surface area contributed by atoms with Crippen LogP contribution in [0.15, 0.2) is 66.7 Å². The van der Waals surface area contributed by atoms with Crippen molar-refractivity contribution < 1.29 is 52.4 Å². The van der Waals surface area contributed by atoms with E-state index in [1.807, 2.05) is 36.4 Å². The summed E-state index contributed by atoms with van der Waals surface area (Å²) in [4.78, 5) is 63.3. The van der Waals surface area contributed by atoms with Crippen LogP contribution in [-0.2, 0) is 47.7 Å². The first-order valence-corrected chi connectivity index (χ1v) is 13.6. The van der Waals surface area contributed by atoms with E-state index in [2.05, 4.69) is 0 Å². The molecule has 2 unspecified atom stereocenters. The third-order valence-electron chi connectivity index (χ3n) is 6.66. The second-order valence-corrected chi connectivity index (χ2v) is 9.95. The Labute approximate surface area is 248 Å². The summed E-state index contributed by atoms with van der Waals surface area (Å²) in [5.41, 5.74) is 0.849. The Morgan fingerprint density at radius 2 is 1.33 bits per heavy atom. The van der Waals surface area contributed by atoms with Gasteiger partial charge < -0.3 is 28.4 Å². The number of carbonyl (C=O) groups is 5. The number of rotatable bonds is 10. The van der Waals surface area contributed by atoms with E-state index in [-0.39, 0.29) is 0 Å². The number of esters is 4. The molecular weight excluding hydrogens is 562 g/mol. The molecule has 0 aromatic heterocycles. The molecule has 0 radical (unpaired) electrons. The lowest BCUT2D eigenvalue weighted by molar-refractivity contribution is -0.287. The molecule has 43 heavy (non-hydrogen) atoms. The van der Waals surface area contributed by atoms with Crippen molar-refractivity contribution in [2.45, 2.75) is 70.5 Å². The van der Waals surface area contributed by atoms with Crippen molar-refractivity contribution >= 4 is 35.9 Å². The number of benzene rings is 2. The average molecular weight is 596 g/mol. The van der Waals surface area contributed by atoms with Crippen LogP contribution in [0, 0.1) is 0 Å². The minimum absolute atomic E-state index is 0.412. The van der Waals surface area contributed by atoms with Gasteiger partial charge in [-0.3, -0.25) is 28.9 Å². The fourth-order valence-corrected chi connectivity index (χ4v) is 4.96. The third-order valence-corrected chi connectivity index (χ3v) is 6.66. The predicted octanol–water partition coefficient (Wildman–Crippen LogP) is 2.44. The molecule has 2 heterocycles. The minimum atomic E-state index is -1.42. The zero-order chi connectivity index (χ0) is 31.1. The molecular formula is C31H33NO11. The van der Waals surface area contributed by atoms with E-state index in [1.54, 1.807) is 36.4 Å². The van der Waals surface area contributed by atoms with E-state index >= 15 is 0 Å². The van der Waals surface area contributed by atoms with Crippen LogP contribution in [0.2, 0.25) is 0 Å². The van der Waals surface area contributed by atoms with Gasteiger partial charge in [0.05, 0.1) is 6.04 Å². The Balaban J connectivity index is 1.75. The van der Waals surface area contributed by atoms with Crippen LogP contribution in [-0.4, -0.2) is 84.1 Å². The smallest absolute Gasteiger partial charge is 0.303 e. The summed E-state index contributed by atoms with van der Waals surface area (Å²) in [5, 5.41) is 0. The molecule has 0 spiro atoms. The van der Waals surface area contributed by atoms with Crippen LogP contribution < -0.4 is 4.74 Å². The quantitative estimate of drug-likeness (QED) is 0.227. The van der Waals surface area contributed by atoms with Gasteiger partial charge in [0.15, 0.2) is 24.5 Å². The fourth-order valence-electron chi connectivity index (χ4n) is 4.96. The number of carbonyl (C=O) groups excluding carboxylic acids is 5. The molecule has 2 aromatic rings. The first kappa shape index (κ1) is 31.2. The molecule has 1 amide bonds. The van der Waals surface area contributed by atoms with Gasteiger partial charge in [0, 0.05) is 27.7 Å². The molecule has 7 atom stereocenters. The number of amides is 1. The monoisotopic (exact) mass is 595 g/mol. The van der Waals surface area contributed by atoms with Crippen molar-refractivity contribution in [1.82, 2.24) is 4.90 Å². The van der Waals surface area contributed by atoms with Gasteiger partial charge in [-0.25, -0.2) is 0 Å². The van der Waals surface area contributed by atoms with Crippen LogP contribution >= 0.6 is 0 Å². The van der Waals surface area contributed by atoms with Crippen molar-refractivity contribution in [1.29, 1.82) is 0 Å². The summed E-state index contributed by atoms with van der Waals surface area (Å²) < 4.78 is 34.0. The zero-order valence-corrected chi connectivity index (χ0v) is 24.1. The highest BCUT2D eigenvalue weighted by Crippen LogP contribution is 2.37. The van der Waals surface area contributed by atoms with E-state index in [1.165, 1.54) is 11.8 Å². The lowest BCUT2D eigenvalue weighted by atomic mass is 9.90. The Kier molecular flexibility index (Phi) is 10.1. The maximum Gasteiger partial charge on any atom is 0.303 e. The molecule has 0 bridgehead atoms. The lowest BCUT2D eigenvalue weighted by Gasteiger charge is -2.54. The molecule has 228 valence electrons. The van der Waals surface area contributed by atoms with Crippen LogP contribution in [0.25, 0.3) is 6.08 Å². The predicted molar refractivity (Wildman–Crippen MR) is 149 cm³/mol. The SMILES string of the molecule is CC(=O)OC[C@H]1O[C@@H](N2C(=O)C(Oc3ccccc3)C2/C=C/c2ccccc2)[C@H](OC(C)=O)[C@H](OC(C)=O)[C@@H]1OC(C)=O. The minimum Gasteiger partial charge on any atom is -0.478 e. The largest absolute Gasteiger partial charge is 0.478 e. The molecule has 0 N–H and O–H groups in total. The van der Waals surface area contributed by atoms with E-state index < -0.39 is 79.2 Å². The molecule has 2 aliphatic rings. The standard InChI is InChI=1S/C31H33NO11/c1-18(33)38-17-25-27(39-19(2)34)28(40-20(3)35)29(41-21(4)36)31(43-25)32-24(16-15-22-11-7-5-8-12-22)26(30(32)37)42-23-13-9-6-10-14-23/h5-16,24-29,31H,17H2,1-4H3/b16-15+/t24?,25-,26?,27-,28-,29-,31-/m1/s1. The molecule has 2 aliphatic heterocycles. The van der Waals surface area contributed by atoms with Crippen molar-refractivity contribution in [3.63, 3.8) is 0 Å². The van der Waals surface area contributed by atoms with Gasteiger partial charge in [-0.05, 0) is 17.7 Å². The molecule has 4 rings (SSSR count). The van der Waals surface area contributed by atoms with Gasteiger partial charge in [-0.2, -0.15) is 0 Å². The Morgan fingerprint density at radius 3 is 1.91 bits per heavy atom. The topological polar surface area (TPSA) is 144 Å². The van der Waals surface area contributed by atoms with Crippen LogP contribution in [0.4, 0.5) is 0 Å². The fraction of sp³-hybridized carbons (Fsp3) is 0.387. The second-order valence-electron chi connectivity index (χ2n) is 9.95. The van der Waals surface area contributed by atoms with E-state index in [4.69, 9.17) is 28.4 Å². The normalized spacial score (nSPS) is 26.7. The summed E-state index contributed by atoms with van der Waals surface area (Å²) >= 11 is 0. The highest BCUT2D eigenvalue weighted by atomic mass is 16.7. The number of ether oxygens (including phenoxy) is 6. The second kappa shape index (κ2) is 14.0. The Hall–Kier alpha value is -4.71. The number of hydrogen-bond donors (Lipinski definition) is 0. The van der Waals surface area contributed by atoms with Gasteiger partial charge in [-0.1, -0.05) is 60.7 Å². The maximum atomic E-state index is 13.7. The van der Waals surface area contributed by atoms with Gasteiger partial charge in [0.2, 0.25) is 6.10 Å². The highest BCUT2D eigenvalue weighted by Gasteiger charge is 2.60. The molecule has 0 saturated carbocycles. The van der Waals surface area contributed by atoms with Gasteiger partial charge in [0.25, 0.3) is 5.91 Å². The summed E-state index contributed by atoms with van der Waals surface area (Å²) in [6.07, 6.45) is -4.15. The van der Waals surface area contributed by atoms with E-state index in [0.717, 1.165) is 26.3 Å². The van der Waals surface area contributed by atoms with Crippen molar-refractivity contribution in [2.75, 3.05) is 6.61 Å². The summed E-state index contributed by atoms with van der Waals surface area (Å²) in [5.74, 6) is -2.98. The first-order chi connectivity index (χ1) is 20.5. The lowest BCUT2D eigenvalue weighted by Crippen LogP contribution is -2.76.